The molecule has 0 unspecified atom stereocenters. The van der Waals surface area contributed by atoms with Crippen molar-refractivity contribution >= 4 is 23.2 Å². The van der Waals surface area contributed by atoms with E-state index < -0.39 is 0 Å². The van der Waals surface area contributed by atoms with Gasteiger partial charge in [-0.2, -0.15) is 0 Å². The highest BCUT2D eigenvalue weighted by molar-refractivity contribution is 7.80. The molecule has 20 heavy (non-hydrogen) atoms. The minimum Gasteiger partial charge on any atom is -0.346 e. The Morgan fingerprint density at radius 2 is 1.90 bits per heavy atom. The molecule has 108 valence electrons. The third-order valence-electron chi connectivity index (χ3n) is 3.65. The predicted octanol–water partition coefficient (Wildman–Crippen LogP) is 1.19. The first kappa shape index (κ1) is 14.9. The van der Waals surface area contributed by atoms with Crippen LogP contribution in [0, 0.1) is 6.92 Å². The first-order valence-electron chi connectivity index (χ1n) is 6.88. The van der Waals surface area contributed by atoms with Crippen LogP contribution in [0.1, 0.15) is 11.1 Å². The number of nitrogens with zero attached hydrogens (tertiary/aromatic N) is 2. The number of nitrogens with one attached hydrogen (secondary N) is 1. The molecule has 0 aromatic heterocycles. The molecule has 0 spiro atoms. The van der Waals surface area contributed by atoms with Gasteiger partial charge in [0.15, 0.2) is 5.11 Å². The van der Waals surface area contributed by atoms with Gasteiger partial charge in [0.2, 0.25) is 5.91 Å². The number of rotatable bonds is 2. The summed E-state index contributed by atoms with van der Waals surface area (Å²) in [7, 11) is 2.09. The van der Waals surface area contributed by atoms with Crippen LogP contribution < -0.4 is 5.32 Å². The summed E-state index contributed by atoms with van der Waals surface area (Å²) in [4.78, 5) is 16.4. The summed E-state index contributed by atoms with van der Waals surface area (Å²) >= 11 is 5.31. The summed E-state index contributed by atoms with van der Waals surface area (Å²) in [5.74, 6) is -0.0387. The summed E-state index contributed by atoms with van der Waals surface area (Å²) in [5.41, 5.74) is 2.18. The highest BCUT2D eigenvalue weighted by Gasteiger charge is 2.17. The van der Waals surface area contributed by atoms with Gasteiger partial charge in [0.05, 0.1) is 6.42 Å². The van der Waals surface area contributed by atoms with Crippen LogP contribution in [-0.2, 0) is 11.2 Å². The van der Waals surface area contributed by atoms with Crippen molar-refractivity contribution < 1.29 is 4.79 Å². The minimum absolute atomic E-state index is 0.0387. The van der Waals surface area contributed by atoms with Crippen molar-refractivity contribution in [3.05, 3.63) is 35.4 Å². The van der Waals surface area contributed by atoms with E-state index in [4.69, 9.17) is 12.2 Å². The summed E-state index contributed by atoms with van der Waals surface area (Å²) in [6.45, 7) is 5.73. The molecule has 1 saturated heterocycles. The van der Waals surface area contributed by atoms with Crippen LogP contribution >= 0.6 is 12.2 Å². The van der Waals surface area contributed by atoms with Crippen LogP contribution in [-0.4, -0.2) is 54.0 Å². The zero-order chi connectivity index (χ0) is 14.5. The fourth-order valence-corrected chi connectivity index (χ4v) is 2.53. The molecule has 0 atom stereocenters. The van der Waals surface area contributed by atoms with E-state index in [1.165, 1.54) is 0 Å². The van der Waals surface area contributed by atoms with Gasteiger partial charge in [0.25, 0.3) is 0 Å². The molecule has 1 N–H and O–H groups in total. The van der Waals surface area contributed by atoms with Gasteiger partial charge in [0.1, 0.15) is 0 Å². The first-order valence-corrected chi connectivity index (χ1v) is 7.29. The second-order valence-electron chi connectivity index (χ2n) is 5.25. The Kier molecular flexibility index (Phi) is 5.09. The zero-order valence-corrected chi connectivity index (χ0v) is 12.9. The van der Waals surface area contributed by atoms with Crippen molar-refractivity contribution in [3.63, 3.8) is 0 Å². The molecular formula is C15H21N3OS. The van der Waals surface area contributed by atoms with E-state index in [0.717, 1.165) is 37.3 Å². The molecule has 0 bridgehead atoms. The normalized spacial score (nSPS) is 16.0. The minimum atomic E-state index is -0.0387. The molecule has 1 aromatic rings. The number of carbonyl (C=O) groups excluding carboxylic acids is 1. The van der Waals surface area contributed by atoms with E-state index >= 15 is 0 Å². The molecule has 5 heteroatoms. The second kappa shape index (κ2) is 6.81. The average molecular weight is 291 g/mol. The van der Waals surface area contributed by atoms with Crippen LogP contribution in [0.2, 0.25) is 0 Å². The van der Waals surface area contributed by atoms with Gasteiger partial charge in [-0.3, -0.25) is 4.79 Å². The summed E-state index contributed by atoms with van der Waals surface area (Å²) in [6, 6.07) is 7.93. The lowest BCUT2D eigenvalue weighted by Gasteiger charge is -2.33. The molecule has 1 aliphatic heterocycles. The standard InChI is InChI=1S/C15H21N3OS/c1-12-5-3-4-6-13(12)11-14(19)16-15(20)18-9-7-17(2)8-10-18/h3-6H,7-11H2,1-2H3,(H,16,19,20). The van der Waals surface area contributed by atoms with Gasteiger partial charge in [-0.15, -0.1) is 0 Å². The van der Waals surface area contributed by atoms with E-state index in [1.54, 1.807) is 0 Å². The molecule has 1 heterocycles. The van der Waals surface area contributed by atoms with Crippen molar-refractivity contribution in [2.75, 3.05) is 33.2 Å². The largest absolute Gasteiger partial charge is 0.346 e. The van der Waals surface area contributed by atoms with Crippen molar-refractivity contribution in [2.45, 2.75) is 13.3 Å². The van der Waals surface area contributed by atoms with E-state index in [9.17, 15) is 4.79 Å². The lowest BCUT2D eigenvalue weighted by molar-refractivity contribution is -0.119. The molecule has 0 aliphatic carbocycles. The second-order valence-corrected chi connectivity index (χ2v) is 5.63. The molecule has 1 aromatic carbocycles. The predicted molar refractivity (Wildman–Crippen MR) is 84.7 cm³/mol. The van der Waals surface area contributed by atoms with Crippen molar-refractivity contribution in [2.24, 2.45) is 0 Å². The van der Waals surface area contributed by atoms with Gasteiger partial charge in [0, 0.05) is 26.2 Å². The van der Waals surface area contributed by atoms with E-state index in [1.807, 2.05) is 31.2 Å². The number of aryl methyl sites for hydroxylation is 1. The molecule has 1 aliphatic rings. The number of piperazine rings is 1. The number of benzene rings is 1. The molecular weight excluding hydrogens is 270 g/mol. The van der Waals surface area contributed by atoms with E-state index in [2.05, 4.69) is 22.2 Å². The maximum Gasteiger partial charge on any atom is 0.230 e. The van der Waals surface area contributed by atoms with Gasteiger partial charge >= 0.3 is 0 Å². The maximum absolute atomic E-state index is 12.0. The molecule has 0 saturated carbocycles. The van der Waals surface area contributed by atoms with Gasteiger partial charge < -0.3 is 15.1 Å². The summed E-state index contributed by atoms with van der Waals surface area (Å²) in [5, 5.41) is 3.39. The third kappa shape index (κ3) is 4.02. The van der Waals surface area contributed by atoms with E-state index in [0.29, 0.717) is 11.5 Å². The fourth-order valence-electron chi connectivity index (χ4n) is 2.23. The average Bonchev–Trinajstić information content (AvgIpc) is 2.42. The van der Waals surface area contributed by atoms with Crippen LogP contribution in [0.5, 0.6) is 0 Å². The number of carbonyl (C=O) groups is 1. The SMILES string of the molecule is Cc1ccccc1CC(=O)NC(=S)N1CCN(C)CC1. The quantitative estimate of drug-likeness (QED) is 0.830. The highest BCUT2D eigenvalue weighted by atomic mass is 32.1. The van der Waals surface area contributed by atoms with Crippen molar-refractivity contribution in [3.8, 4) is 0 Å². The first-order chi connectivity index (χ1) is 9.56. The van der Waals surface area contributed by atoms with Crippen LogP contribution in [0.4, 0.5) is 0 Å². The van der Waals surface area contributed by atoms with Crippen LogP contribution in [0.3, 0.4) is 0 Å². The lowest BCUT2D eigenvalue weighted by atomic mass is 10.1. The maximum atomic E-state index is 12.0. The Bertz CT molecular complexity index is 496. The number of hydrogen-bond donors (Lipinski definition) is 1. The number of amides is 1. The number of thiocarbonyl (C=S) groups is 1. The van der Waals surface area contributed by atoms with Crippen molar-refractivity contribution in [1.29, 1.82) is 0 Å². The topological polar surface area (TPSA) is 35.6 Å². The molecule has 2 rings (SSSR count). The van der Waals surface area contributed by atoms with Crippen LogP contribution in [0.15, 0.2) is 24.3 Å². The monoisotopic (exact) mass is 291 g/mol. The zero-order valence-electron chi connectivity index (χ0n) is 12.1. The molecule has 0 radical (unpaired) electrons. The number of hydrogen-bond acceptors (Lipinski definition) is 3. The Morgan fingerprint density at radius 3 is 2.55 bits per heavy atom. The number of likely N-dealkylation sites (N-methyl/N-ethyl adjacent to an activating group) is 1. The molecule has 1 fully saturated rings. The molecule has 4 nitrogen and oxygen atoms in total. The summed E-state index contributed by atoms with van der Waals surface area (Å²) < 4.78 is 0. The lowest BCUT2D eigenvalue weighted by Crippen LogP contribution is -2.51. The Hall–Kier alpha value is -1.46. The Morgan fingerprint density at radius 1 is 1.25 bits per heavy atom. The van der Waals surface area contributed by atoms with Gasteiger partial charge in [-0.05, 0) is 37.3 Å². The highest BCUT2D eigenvalue weighted by Crippen LogP contribution is 2.07. The third-order valence-corrected chi connectivity index (χ3v) is 4.01. The van der Waals surface area contributed by atoms with Crippen molar-refractivity contribution in [1.82, 2.24) is 15.1 Å². The van der Waals surface area contributed by atoms with Crippen LogP contribution in [0.25, 0.3) is 0 Å². The van der Waals surface area contributed by atoms with E-state index in [-0.39, 0.29) is 5.91 Å². The fraction of sp³-hybridized carbons (Fsp3) is 0.467. The van der Waals surface area contributed by atoms with Gasteiger partial charge in [-0.25, -0.2) is 0 Å². The Balaban J connectivity index is 1.85. The van der Waals surface area contributed by atoms with Gasteiger partial charge in [-0.1, -0.05) is 24.3 Å². The summed E-state index contributed by atoms with van der Waals surface area (Å²) in [6.07, 6.45) is 0.376. The Labute approximate surface area is 125 Å². The smallest absolute Gasteiger partial charge is 0.230 e. The molecule has 1 amide bonds.